The SMILES string of the molecule is N/C(=N\O)c1ccc(OCCCn2ccn(CCCOc3ccc(/C(N)=N/O)cc3)c2=NC(=O)C(F)(F)F)cc1. The summed E-state index contributed by atoms with van der Waals surface area (Å²) < 4.78 is 53.0. The van der Waals surface area contributed by atoms with E-state index in [1.807, 2.05) is 0 Å². The summed E-state index contributed by atoms with van der Waals surface area (Å²) in [5, 5.41) is 23.3. The molecule has 3 aromatic rings. The lowest BCUT2D eigenvalue weighted by Crippen LogP contribution is -2.32. The molecule has 0 saturated carbocycles. The third-order valence-corrected chi connectivity index (χ3v) is 5.52. The fourth-order valence-corrected chi connectivity index (χ4v) is 3.50. The molecule has 0 bridgehead atoms. The number of halogens is 3. The van der Waals surface area contributed by atoms with Crippen LogP contribution >= 0.6 is 0 Å². The summed E-state index contributed by atoms with van der Waals surface area (Å²) in [6.45, 7) is 0.941. The summed E-state index contributed by atoms with van der Waals surface area (Å²) in [7, 11) is 0. The standard InChI is InChI=1S/C25H28F3N7O5/c26-25(27,28)23(36)31-24-34(11-1-15-39-19-7-3-17(4-8-19)21(29)32-37)13-14-35(24)12-2-16-40-20-9-5-18(6-10-20)22(30)33-38/h3-10,13-14,37-38H,1-2,11-12,15-16H2,(H2,29,32)(H2,30,33). The molecule has 0 fully saturated rings. The largest absolute Gasteiger partial charge is 0.494 e. The summed E-state index contributed by atoms with van der Waals surface area (Å²) in [6, 6.07) is 13.0. The van der Waals surface area contributed by atoms with E-state index >= 15 is 0 Å². The summed E-state index contributed by atoms with van der Waals surface area (Å²) in [4.78, 5) is 15.0. The molecular weight excluding hydrogens is 535 g/mol. The predicted octanol–water partition coefficient (Wildman–Crippen LogP) is 2.41. The topological polar surface area (TPSA) is 175 Å². The Bertz CT molecular complexity index is 1310. The lowest BCUT2D eigenvalue weighted by Gasteiger charge is -2.10. The van der Waals surface area contributed by atoms with Crippen molar-refractivity contribution in [2.45, 2.75) is 32.1 Å². The van der Waals surface area contributed by atoms with E-state index in [4.69, 9.17) is 31.4 Å². The zero-order valence-corrected chi connectivity index (χ0v) is 21.2. The maximum Gasteiger partial charge on any atom is 0.473 e. The lowest BCUT2D eigenvalue weighted by molar-refractivity contribution is -0.169. The lowest BCUT2D eigenvalue weighted by atomic mass is 10.2. The van der Waals surface area contributed by atoms with Crippen LogP contribution in [-0.4, -0.2) is 56.5 Å². The number of ether oxygens (including phenoxy) is 2. The molecule has 15 heteroatoms. The fraction of sp³-hybridized carbons (Fsp3) is 0.280. The fourth-order valence-electron chi connectivity index (χ4n) is 3.50. The average Bonchev–Trinajstić information content (AvgIpc) is 3.33. The van der Waals surface area contributed by atoms with Crippen molar-refractivity contribution in [1.82, 2.24) is 9.13 Å². The Labute approximate surface area is 226 Å². The van der Waals surface area contributed by atoms with E-state index in [1.165, 1.54) is 9.13 Å². The molecule has 0 atom stereocenters. The van der Waals surface area contributed by atoms with E-state index < -0.39 is 12.1 Å². The van der Waals surface area contributed by atoms with Crippen LogP contribution in [0, 0.1) is 0 Å². The first-order chi connectivity index (χ1) is 19.1. The smallest absolute Gasteiger partial charge is 0.473 e. The van der Waals surface area contributed by atoms with Gasteiger partial charge in [0, 0.05) is 36.6 Å². The number of aryl methyl sites for hydroxylation is 2. The second-order valence-electron chi connectivity index (χ2n) is 8.32. The number of aromatic nitrogens is 2. The van der Waals surface area contributed by atoms with Crippen molar-refractivity contribution in [3.05, 3.63) is 77.7 Å². The third-order valence-electron chi connectivity index (χ3n) is 5.52. The predicted molar refractivity (Wildman–Crippen MR) is 137 cm³/mol. The highest BCUT2D eigenvalue weighted by molar-refractivity contribution is 5.97. The van der Waals surface area contributed by atoms with Crippen LogP contribution < -0.4 is 26.6 Å². The Morgan fingerprint density at radius 2 is 1.18 bits per heavy atom. The number of amides is 1. The van der Waals surface area contributed by atoms with Gasteiger partial charge in [0.1, 0.15) is 11.5 Å². The third kappa shape index (κ3) is 8.28. The monoisotopic (exact) mass is 563 g/mol. The molecule has 0 unspecified atom stereocenters. The van der Waals surface area contributed by atoms with Gasteiger partial charge in [-0.1, -0.05) is 10.3 Å². The van der Waals surface area contributed by atoms with Crippen LogP contribution in [0.2, 0.25) is 0 Å². The molecule has 1 heterocycles. The zero-order chi connectivity index (χ0) is 29.1. The minimum atomic E-state index is -5.11. The van der Waals surface area contributed by atoms with E-state index in [2.05, 4.69) is 15.3 Å². The Morgan fingerprint density at radius 3 is 1.52 bits per heavy atom. The minimum absolute atomic E-state index is 0.0438. The maximum absolute atomic E-state index is 12.9. The highest BCUT2D eigenvalue weighted by Crippen LogP contribution is 2.16. The van der Waals surface area contributed by atoms with Crippen molar-refractivity contribution in [3.8, 4) is 11.5 Å². The van der Waals surface area contributed by atoms with Crippen LogP contribution in [0.1, 0.15) is 24.0 Å². The maximum atomic E-state index is 12.9. The molecule has 0 saturated heterocycles. The molecule has 1 amide bonds. The molecule has 0 spiro atoms. The first-order valence-corrected chi connectivity index (χ1v) is 12.0. The van der Waals surface area contributed by atoms with Crippen LogP contribution in [-0.2, 0) is 17.9 Å². The van der Waals surface area contributed by atoms with Gasteiger partial charge in [0.2, 0.25) is 5.62 Å². The van der Waals surface area contributed by atoms with E-state index in [0.29, 0.717) is 35.5 Å². The molecule has 214 valence electrons. The van der Waals surface area contributed by atoms with Gasteiger partial charge in [-0.05, 0) is 61.4 Å². The molecule has 12 nitrogen and oxygen atoms in total. The van der Waals surface area contributed by atoms with E-state index in [9.17, 15) is 18.0 Å². The van der Waals surface area contributed by atoms with E-state index in [1.54, 1.807) is 60.9 Å². The van der Waals surface area contributed by atoms with Crippen molar-refractivity contribution in [1.29, 1.82) is 0 Å². The Kier molecular flexibility index (Phi) is 10.2. The molecule has 2 aromatic carbocycles. The van der Waals surface area contributed by atoms with Crippen LogP contribution in [0.5, 0.6) is 11.5 Å². The molecule has 0 radical (unpaired) electrons. The number of nitrogens with zero attached hydrogens (tertiary/aromatic N) is 5. The number of imidazole rings is 1. The van der Waals surface area contributed by atoms with Crippen molar-refractivity contribution >= 4 is 17.6 Å². The van der Waals surface area contributed by atoms with Gasteiger partial charge in [0.15, 0.2) is 11.7 Å². The normalized spacial score (nSPS) is 12.3. The molecule has 0 aliphatic heterocycles. The number of oxime groups is 2. The Balaban J connectivity index is 1.60. The number of benzene rings is 2. The second kappa shape index (κ2) is 13.7. The van der Waals surface area contributed by atoms with Crippen LogP contribution in [0.3, 0.4) is 0 Å². The minimum Gasteiger partial charge on any atom is -0.494 e. The number of hydrogen-bond donors (Lipinski definition) is 4. The number of nitrogens with two attached hydrogens (primary N) is 2. The zero-order valence-electron chi connectivity index (χ0n) is 21.2. The number of alkyl halides is 3. The number of carbonyl (C=O) groups is 1. The highest BCUT2D eigenvalue weighted by Gasteiger charge is 2.38. The summed E-state index contributed by atoms with van der Waals surface area (Å²) >= 11 is 0. The molecule has 3 rings (SSSR count). The molecule has 1 aromatic heterocycles. The van der Waals surface area contributed by atoms with Gasteiger partial charge in [-0.3, -0.25) is 4.79 Å². The molecule has 40 heavy (non-hydrogen) atoms. The second-order valence-corrected chi connectivity index (χ2v) is 8.32. The molecule has 0 aliphatic carbocycles. The van der Waals surface area contributed by atoms with Gasteiger partial charge < -0.3 is 40.5 Å². The Hall–Kier alpha value is -4.95. The number of hydrogen-bond acceptors (Lipinski definition) is 7. The molecule has 0 aliphatic rings. The van der Waals surface area contributed by atoms with Crippen molar-refractivity contribution in [2.24, 2.45) is 26.8 Å². The molecular formula is C25H28F3N7O5. The van der Waals surface area contributed by atoms with Crippen molar-refractivity contribution < 1.29 is 37.9 Å². The van der Waals surface area contributed by atoms with Crippen molar-refractivity contribution in [2.75, 3.05) is 13.2 Å². The Morgan fingerprint density at radius 1 is 0.775 bits per heavy atom. The quantitative estimate of drug-likeness (QED) is 0.0860. The van der Waals surface area contributed by atoms with Gasteiger partial charge in [-0.15, -0.1) is 0 Å². The van der Waals surface area contributed by atoms with Gasteiger partial charge in [0.05, 0.1) is 13.2 Å². The van der Waals surface area contributed by atoms with Gasteiger partial charge >= 0.3 is 12.1 Å². The van der Waals surface area contributed by atoms with Gasteiger partial charge in [0.25, 0.3) is 0 Å². The first-order valence-electron chi connectivity index (χ1n) is 12.0. The summed E-state index contributed by atoms with van der Waals surface area (Å²) in [6.07, 6.45) is -1.21. The van der Waals surface area contributed by atoms with Crippen LogP contribution in [0.4, 0.5) is 13.2 Å². The van der Waals surface area contributed by atoms with Gasteiger partial charge in [-0.25, -0.2) is 0 Å². The average molecular weight is 564 g/mol. The molecule has 6 N–H and O–H groups in total. The number of rotatable bonds is 12. The first kappa shape index (κ1) is 29.6. The van der Waals surface area contributed by atoms with Crippen LogP contribution in [0.15, 0.2) is 76.2 Å². The van der Waals surface area contributed by atoms with E-state index in [0.717, 1.165) is 0 Å². The number of amidine groups is 2. The van der Waals surface area contributed by atoms with Crippen LogP contribution in [0.25, 0.3) is 0 Å². The van der Waals surface area contributed by atoms with Gasteiger partial charge in [-0.2, -0.15) is 18.2 Å². The highest BCUT2D eigenvalue weighted by atomic mass is 19.4. The summed E-state index contributed by atoms with van der Waals surface area (Å²) in [5.41, 5.74) is 11.9. The van der Waals surface area contributed by atoms with Crippen molar-refractivity contribution in [3.63, 3.8) is 0 Å². The van der Waals surface area contributed by atoms with E-state index in [-0.39, 0.29) is 43.6 Å². The number of carbonyl (C=O) groups excluding carboxylic acids is 1. The summed E-state index contributed by atoms with van der Waals surface area (Å²) in [5.74, 6) is -1.25.